The molecule has 1 fully saturated rings. The molecular weight excluding hydrogens is 446 g/mol. The maximum absolute atomic E-state index is 13.0. The van der Waals surface area contributed by atoms with Gasteiger partial charge in [0.15, 0.2) is 0 Å². The maximum Gasteiger partial charge on any atom is 0.227 e. The lowest BCUT2D eigenvalue weighted by Gasteiger charge is -2.32. The number of anilines is 2. The molecule has 0 unspecified atom stereocenters. The first-order valence-corrected chi connectivity index (χ1v) is 12.3. The van der Waals surface area contributed by atoms with Crippen LogP contribution in [-0.2, 0) is 11.4 Å². The Morgan fingerprint density at radius 1 is 1.18 bits per heavy atom. The van der Waals surface area contributed by atoms with E-state index in [0.29, 0.717) is 12.4 Å². The van der Waals surface area contributed by atoms with E-state index in [4.69, 9.17) is 4.74 Å². The van der Waals surface area contributed by atoms with Crippen LogP contribution >= 0.6 is 11.3 Å². The number of nitrogens with zero attached hydrogens (tertiary/aromatic N) is 4. The normalized spacial score (nSPS) is 14.4. The minimum atomic E-state index is -0.0288. The fourth-order valence-corrected chi connectivity index (χ4v) is 5.31. The van der Waals surface area contributed by atoms with Crippen molar-refractivity contribution < 1.29 is 9.53 Å². The van der Waals surface area contributed by atoms with Crippen LogP contribution in [0.25, 0.3) is 10.2 Å². The van der Waals surface area contributed by atoms with Crippen molar-refractivity contribution in [3.8, 4) is 5.75 Å². The molecule has 4 aromatic rings. The number of carbonyl (C=O) groups excluding carboxylic acids is 1. The number of aryl methyl sites for hydroxylation is 2. The van der Waals surface area contributed by atoms with Crippen LogP contribution in [0.3, 0.4) is 0 Å². The summed E-state index contributed by atoms with van der Waals surface area (Å²) in [5.74, 6) is 1.73. The lowest BCUT2D eigenvalue weighted by Crippen LogP contribution is -2.38. The largest absolute Gasteiger partial charge is 0.489 e. The lowest BCUT2D eigenvalue weighted by molar-refractivity contribution is -0.120. The number of thiophene rings is 1. The van der Waals surface area contributed by atoms with Crippen LogP contribution in [0.2, 0.25) is 0 Å². The van der Waals surface area contributed by atoms with Gasteiger partial charge in [0.1, 0.15) is 29.3 Å². The fraction of sp³-hybridized carbons (Fsp3) is 0.308. The van der Waals surface area contributed by atoms with Crippen LogP contribution < -0.4 is 15.0 Å². The predicted octanol–water partition coefficient (Wildman–Crippen LogP) is 5.14. The van der Waals surface area contributed by atoms with Crippen LogP contribution in [0.4, 0.5) is 11.5 Å². The number of rotatable bonds is 6. The van der Waals surface area contributed by atoms with Gasteiger partial charge in [-0.15, -0.1) is 11.3 Å². The summed E-state index contributed by atoms with van der Waals surface area (Å²) in [5.41, 5.74) is 3.00. The number of hydrogen-bond acceptors (Lipinski definition) is 7. The second-order valence-corrected chi connectivity index (χ2v) is 9.79. The van der Waals surface area contributed by atoms with E-state index in [9.17, 15) is 4.79 Å². The van der Waals surface area contributed by atoms with E-state index in [0.717, 1.165) is 53.2 Å². The Morgan fingerprint density at radius 3 is 2.82 bits per heavy atom. The Bertz CT molecular complexity index is 1300. The fourth-order valence-electron chi connectivity index (χ4n) is 4.32. The van der Waals surface area contributed by atoms with Gasteiger partial charge in [-0.05, 0) is 50.5 Å². The van der Waals surface area contributed by atoms with Crippen molar-refractivity contribution in [3.63, 3.8) is 0 Å². The lowest BCUT2D eigenvalue weighted by atomic mass is 9.95. The molecule has 0 radical (unpaired) electrons. The van der Waals surface area contributed by atoms with Gasteiger partial charge in [-0.2, -0.15) is 0 Å². The van der Waals surface area contributed by atoms with Crippen molar-refractivity contribution in [2.45, 2.75) is 33.3 Å². The van der Waals surface area contributed by atoms with Crippen LogP contribution in [0, 0.1) is 19.8 Å². The molecule has 1 amide bonds. The standard InChI is InChI=1S/C26H27N5O2S/c1-17-18(2)34-26-23(17)24(28-16-29-26)31-11-8-20(9-12-31)25(32)30-21-6-3-7-22(13-21)33-15-19-5-4-10-27-14-19/h3-7,10,13-14,16,20H,8-9,11-12,15H2,1-2H3,(H,30,32). The highest BCUT2D eigenvalue weighted by atomic mass is 32.1. The van der Waals surface area contributed by atoms with E-state index in [1.54, 1.807) is 30.1 Å². The summed E-state index contributed by atoms with van der Waals surface area (Å²) in [5, 5.41) is 4.22. The van der Waals surface area contributed by atoms with Gasteiger partial charge in [-0.1, -0.05) is 12.1 Å². The molecule has 174 valence electrons. The zero-order valence-corrected chi connectivity index (χ0v) is 20.1. The first kappa shape index (κ1) is 22.3. The van der Waals surface area contributed by atoms with E-state index < -0.39 is 0 Å². The van der Waals surface area contributed by atoms with E-state index in [1.807, 2.05) is 36.4 Å². The molecule has 5 rings (SSSR count). The van der Waals surface area contributed by atoms with Crippen molar-refractivity contribution in [2.24, 2.45) is 5.92 Å². The van der Waals surface area contributed by atoms with Gasteiger partial charge in [0.05, 0.1) is 5.39 Å². The molecule has 1 aliphatic heterocycles. The van der Waals surface area contributed by atoms with Crippen molar-refractivity contribution in [1.82, 2.24) is 15.0 Å². The Kier molecular flexibility index (Phi) is 6.40. The van der Waals surface area contributed by atoms with E-state index in [-0.39, 0.29) is 11.8 Å². The number of fused-ring (bicyclic) bond motifs is 1. The molecular formula is C26H27N5O2S. The molecule has 1 saturated heterocycles. The number of hydrogen-bond donors (Lipinski definition) is 1. The highest BCUT2D eigenvalue weighted by Crippen LogP contribution is 2.35. The van der Waals surface area contributed by atoms with Crippen LogP contribution in [0.5, 0.6) is 5.75 Å². The molecule has 1 aromatic carbocycles. The molecule has 1 aliphatic rings. The number of aromatic nitrogens is 3. The van der Waals surface area contributed by atoms with E-state index in [1.165, 1.54) is 10.4 Å². The summed E-state index contributed by atoms with van der Waals surface area (Å²) in [4.78, 5) is 30.7. The number of piperidine rings is 1. The predicted molar refractivity (Wildman–Crippen MR) is 135 cm³/mol. The minimum absolute atomic E-state index is 0.0288. The Hall–Kier alpha value is -3.52. The number of benzene rings is 1. The third kappa shape index (κ3) is 4.72. The summed E-state index contributed by atoms with van der Waals surface area (Å²) in [6.45, 7) is 6.29. The highest BCUT2D eigenvalue weighted by molar-refractivity contribution is 7.18. The number of amides is 1. The van der Waals surface area contributed by atoms with E-state index >= 15 is 0 Å². The Morgan fingerprint density at radius 2 is 2.03 bits per heavy atom. The molecule has 0 saturated carbocycles. The molecule has 1 N–H and O–H groups in total. The number of carbonyl (C=O) groups is 1. The maximum atomic E-state index is 13.0. The minimum Gasteiger partial charge on any atom is -0.489 e. The summed E-state index contributed by atoms with van der Waals surface area (Å²) < 4.78 is 5.86. The van der Waals surface area contributed by atoms with Gasteiger partial charge in [-0.25, -0.2) is 9.97 Å². The molecule has 4 heterocycles. The second kappa shape index (κ2) is 9.77. The van der Waals surface area contributed by atoms with Gasteiger partial charge in [0.25, 0.3) is 0 Å². The molecule has 0 atom stereocenters. The second-order valence-electron chi connectivity index (χ2n) is 8.59. The van der Waals surface area contributed by atoms with Gasteiger partial charge >= 0.3 is 0 Å². The molecule has 7 nitrogen and oxygen atoms in total. The van der Waals surface area contributed by atoms with Crippen molar-refractivity contribution >= 4 is 39.0 Å². The van der Waals surface area contributed by atoms with Crippen LogP contribution in [-0.4, -0.2) is 33.9 Å². The average molecular weight is 474 g/mol. The Balaban J connectivity index is 1.19. The number of pyridine rings is 1. The van der Waals surface area contributed by atoms with Gasteiger partial charge in [0.2, 0.25) is 5.91 Å². The van der Waals surface area contributed by atoms with Gasteiger partial charge < -0.3 is 15.0 Å². The third-order valence-electron chi connectivity index (χ3n) is 6.34. The first-order valence-electron chi connectivity index (χ1n) is 11.5. The smallest absolute Gasteiger partial charge is 0.227 e. The topological polar surface area (TPSA) is 80.2 Å². The molecule has 0 spiro atoms. The van der Waals surface area contributed by atoms with Crippen molar-refractivity contribution in [2.75, 3.05) is 23.3 Å². The Labute approximate surface area is 202 Å². The molecule has 8 heteroatoms. The summed E-state index contributed by atoms with van der Waals surface area (Å²) >= 11 is 1.71. The van der Waals surface area contributed by atoms with Crippen LogP contribution in [0.1, 0.15) is 28.8 Å². The van der Waals surface area contributed by atoms with Crippen molar-refractivity contribution in [1.29, 1.82) is 0 Å². The van der Waals surface area contributed by atoms with E-state index in [2.05, 4.69) is 39.0 Å². The van der Waals surface area contributed by atoms with Gasteiger partial charge in [0, 0.05) is 53.6 Å². The SMILES string of the molecule is Cc1sc2ncnc(N3CCC(C(=O)Nc4cccc(OCc5cccnc5)c4)CC3)c2c1C. The number of ether oxygens (including phenoxy) is 1. The molecule has 0 bridgehead atoms. The summed E-state index contributed by atoms with van der Waals surface area (Å²) in [7, 11) is 0. The zero-order chi connectivity index (χ0) is 23.5. The van der Waals surface area contributed by atoms with Crippen molar-refractivity contribution in [3.05, 3.63) is 71.1 Å². The molecule has 34 heavy (non-hydrogen) atoms. The number of nitrogens with one attached hydrogen (secondary N) is 1. The summed E-state index contributed by atoms with van der Waals surface area (Å²) in [6.07, 6.45) is 6.75. The average Bonchev–Trinajstić information content (AvgIpc) is 3.17. The molecule has 3 aromatic heterocycles. The first-order chi connectivity index (χ1) is 16.6. The third-order valence-corrected chi connectivity index (χ3v) is 7.46. The summed E-state index contributed by atoms with van der Waals surface area (Å²) in [6, 6.07) is 11.4. The zero-order valence-electron chi connectivity index (χ0n) is 19.3. The molecule has 0 aliphatic carbocycles. The quantitative estimate of drug-likeness (QED) is 0.418. The van der Waals surface area contributed by atoms with Gasteiger partial charge in [-0.3, -0.25) is 9.78 Å². The highest BCUT2D eigenvalue weighted by Gasteiger charge is 2.27. The monoisotopic (exact) mass is 473 g/mol. The van der Waals surface area contributed by atoms with Crippen LogP contribution in [0.15, 0.2) is 55.1 Å².